The molecule has 0 bridgehead atoms. The minimum absolute atomic E-state index is 0.643. The Morgan fingerprint density at radius 2 is 1.21 bits per heavy atom. The summed E-state index contributed by atoms with van der Waals surface area (Å²) in [7, 11) is 0. The van der Waals surface area contributed by atoms with Gasteiger partial charge in [-0.1, -0.05) is 12.1 Å². The molecule has 0 amide bonds. The van der Waals surface area contributed by atoms with Crippen LogP contribution in [-0.4, -0.2) is 4.40 Å². The van der Waals surface area contributed by atoms with Gasteiger partial charge in [0.25, 0.3) is 0 Å². The normalized spacial score (nSPS) is 11.5. The zero-order valence-corrected chi connectivity index (χ0v) is 13.0. The van der Waals surface area contributed by atoms with E-state index in [2.05, 4.69) is 35.6 Å². The molecule has 0 radical (unpaired) electrons. The summed E-state index contributed by atoms with van der Waals surface area (Å²) < 4.78 is 2.19. The molecule has 0 aliphatic rings. The van der Waals surface area contributed by atoms with Crippen LogP contribution >= 0.6 is 0 Å². The molecule has 0 saturated carbocycles. The zero-order chi connectivity index (χ0) is 16.4. The van der Waals surface area contributed by atoms with Gasteiger partial charge in [-0.05, 0) is 48.9 Å². The summed E-state index contributed by atoms with van der Waals surface area (Å²) in [5.74, 6) is 0. The molecule has 24 heavy (non-hydrogen) atoms. The molecule has 3 nitrogen and oxygen atoms in total. The Bertz CT molecular complexity index is 1270. The van der Waals surface area contributed by atoms with Crippen LogP contribution in [0.25, 0.3) is 38.1 Å². The van der Waals surface area contributed by atoms with Crippen LogP contribution in [0, 0.1) is 29.6 Å². The van der Waals surface area contributed by atoms with Gasteiger partial charge < -0.3 is 4.40 Å². The van der Waals surface area contributed by atoms with Crippen LogP contribution in [0.2, 0.25) is 0 Å². The highest BCUT2D eigenvalue weighted by atomic mass is 14.9. The molecule has 0 atom stereocenters. The molecule has 2 heterocycles. The van der Waals surface area contributed by atoms with Gasteiger partial charge in [-0.3, -0.25) is 0 Å². The number of hydrogen-bond donors (Lipinski definition) is 0. The second-order valence-electron chi connectivity index (χ2n) is 6.23. The molecule has 110 valence electrons. The molecule has 3 aromatic carbocycles. The number of fused-ring (bicyclic) bond motifs is 6. The van der Waals surface area contributed by atoms with E-state index in [9.17, 15) is 10.5 Å². The van der Waals surface area contributed by atoms with Gasteiger partial charge in [0.05, 0.1) is 39.8 Å². The lowest BCUT2D eigenvalue weighted by Gasteiger charge is -1.99. The van der Waals surface area contributed by atoms with Crippen LogP contribution in [0.3, 0.4) is 0 Å². The number of nitriles is 2. The Hall–Kier alpha value is -3.56. The minimum Gasteiger partial charge on any atom is -0.308 e. The fourth-order valence-electron chi connectivity index (χ4n) is 3.83. The van der Waals surface area contributed by atoms with E-state index in [1.54, 1.807) is 0 Å². The molecule has 2 aromatic heterocycles. The minimum atomic E-state index is 0.643. The van der Waals surface area contributed by atoms with Gasteiger partial charge in [0.15, 0.2) is 0 Å². The summed E-state index contributed by atoms with van der Waals surface area (Å²) in [6, 6.07) is 20.5. The number of rotatable bonds is 0. The molecular formula is C21H11N3. The van der Waals surface area contributed by atoms with Gasteiger partial charge in [-0.15, -0.1) is 0 Å². The lowest BCUT2D eigenvalue weighted by Crippen LogP contribution is -1.83. The highest BCUT2D eigenvalue weighted by molar-refractivity contribution is 6.23. The standard InChI is InChI=1S/C21H11N3/c1-12-6-17-15-4-2-13(10-22)8-19(15)24-20-9-14(11-23)3-5-16(20)18(7-12)21(17)24/h2-9H,1H3. The Morgan fingerprint density at radius 1 is 0.708 bits per heavy atom. The van der Waals surface area contributed by atoms with Crippen molar-refractivity contribution in [2.75, 3.05) is 0 Å². The topological polar surface area (TPSA) is 52.0 Å². The summed E-state index contributed by atoms with van der Waals surface area (Å²) in [5.41, 5.74) is 5.69. The first-order chi connectivity index (χ1) is 11.7. The summed E-state index contributed by atoms with van der Waals surface area (Å²) in [6.07, 6.45) is 0. The van der Waals surface area contributed by atoms with Crippen LogP contribution < -0.4 is 0 Å². The van der Waals surface area contributed by atoms with Crippen molar-refractivity contribution in [1.82, 2.24) is 4.40 Å². The van der Waals surface area contributed by atoms with E-state index in [1.807, 2.05) is 36.4 Å². The number of benzene rings is 3. The van der Waals surface area contributed by atoms with Gasteiger partial charge in [-0.25, -0.2) is 0 Å². The second-order valence-corrected chi connectivity index (χ2v) is 6.23. The zero-order valence-electron chi connectivity index (χ0n) is 13.0. The monoisotopic (exact) mass is 305 g/mol. The number of hydrogen-bond acceptors (Lipinski definition) is 2. The van der Waals surface area contributed by atoms with E-state index in [0.29, 0.717) is 11.1 Å². The second kappa shape index (κ2) is 4.25. The molecule has 3 heteroatoms. The third-order valence-corrected chi connectivity index (χ3v) is 4.79. The fourth-order valence-corrected chi connectivity index (χ4v) is 3.83. The van der Waals surface area contributed by atoms with Gasteiger partial charge in [0.1, 0.15) is 0 Å². The first-order valence-electron chi connectivity index (χ1n) is 7.75. The maximum Gasteiger partial charge on any atom is 0.0992 e. The Morgan fingerprint density at radius 3 is 1.67 bits per heavy atom. The molecule has 5 rings (SSSR count). The van der Waals surface area contributed by atoms with Gasteiger partial charge in [0.2, 0.25) is 0 Å². The highest BCUT2D eigenvalue weighted by Crippen LogP contribution is 2.40. The SMILES string of the molecule is Cc1cc2c3ccc(C#N)cc3n3c4cc(C#N)ccc4c(c1)c23. The number of aromatic nitrogens is 1. The Kier molecular flexibility index (Phi) is 2.29. The van der Waals surface area contributed by atoms with Crippen molar-refractivity contribution in [1.29, 1.82) is 10.5 Å². The van der Waals surface area contributed by atoms with Gasteiger partial charge >= 0.3 is 0 Å². The van der Waals surface area contributed by atoms with Crippen LogP contribution in [0.5, 0.6) is 0 Å². The molecule has 0 fully saturated rings. The maximum atomic E-state index is 9.27. The van der Waals surface area contributed by atoms with E-state index in [4.69, 9.17) is 0 Å². The summed E-state index contributed by atoms with van der Waals surface area (Å²) in [4.78, 5) is 0. The molecule has 5 aromatic rings. The average Bonchev–Trinajstić information content (AvgIpc) is 3.10. The Balaban J connectivity index is 2.18. The average molecular weight is 305 g/mol. The third kappa shape index (κ3) is 1.44. The molecule has 0 spiro atoms. The summed E-state index contributed by atoms with van der Waals surface area (Å²) in [5, 5.41) is 23.2. The van der Waals surface area contributed by atoms with E-state index in [1.165, 1.54) is 16.3 Å². The first-order valence-corrected chi connectivity index (χ1v) is 7.75. The lowest BCUT2D eigenvalue weighted by molar-refractivity contribution is 1.36. The van der Waals surface area contributed by atoms with Crippen LogP contribution in [0.1, 0.15) is 16.7 Å². The quantitative estimate of drug-likeness (QED) is 0.409. The van der Waals surface area contributed by atoms with Crippen molar-refractivity contribution in [3.05, 3.63) is 65.2 Å². The first kappa shape index (κ1) is 12.9. The van der Waals surface area contributed by atoms with E-state index in [0.717, 1.165) is 27.3 Å². The Labute approximate surface area is 137 Å². The molecule has 0 aliphatic carbocycles. The summed E-state index contributed by atoms with van der Waals surface area (Å²) >= 11 is 0. The van der Waals surface area contributed by atoms with Gasteiger partial charge in [-0.2, -0.15) is 10.5 Å². The van der Waals surface area contributed by atoms with Crippen LogP contribution in [-0.2, 0) is 0 Å². The van der Waals surface area contributed by atoms with Crippen molar-refractivity contribution in [2.24, 2.45) is 0 Å². The van der Waals surface area contributed by atoms with Crippen LogP contribution in [0.4, 0.5) is 0 Å². The predicted octanol–water partition coefficient (Wildman–Crippen LogP) is 4.89. The number of aryl methyl sites for hydroxylation is 1. The number of nitrogens with zero attached hydrogens (tertiary/aromatic N) is 3. The molecule has 0 unspecified atom stereocenters. The van der Waals surface area contributed by atoms with Crippen molar-refractivity contribution in [2.45, 2.75) is 6.92 Å². The van der Waals surface area contributed by atoms with Crippen molar-refractivity contribution in [3.8, 4) is 12.1 Å². The summed E-state index contributed by atoms with van der Waals surface area (Å²) in [6.45, 7) is 2.10. The molecule has 0 N–H and O–H groups in total. The lowest BCUT2D eigenvalue weighted by atomic mass is 10.0. The fraction of sp³-hybridized carbons (Fsp3) is 0.0476. The largest absolute Gasteiger partial charge is 0.308 e. The highest BCUT2D eigenvalue weighted by Gasteiger charge is 2.18. The van der Waals surface area contributed by atoms with Crippen LogP contribution in [0.15, 0.2) is 48.5 Å². The molecular weight excluding hydrogens is 294 g/mol. The van der Waals surface area contributed by atoms with Crippen molar-refractivity contribution in [3.63, 3.8) is 0 Å². The third-order valence-electron chi connectivity index (χ3n) is 4.79. The predicted molar refractivity (Wildman–Crippen MR) is 95.3 cm³/mol. The van der Waals surface area contributed by atoms with Gasteiger partial charge in [0, 0.05) is 21.5 Å². The van der Waals surface area contributed by atoms with Crippen molar-refractivity contribution >= 4 is 38.1 Å². The molecule has 0 saturated heterocycles. The van der Waals surface area contributed by atoms with Crippen molar-refractivity contribution < 1.29 is 0 Å². The maximum absolute atomic E-state index is 9.27. The van der Waals surface area contributed by atoms with E-state index >= 15 is 0 Å². The molecule has 0 aliphatic heterocycles. The van der Waals surface area contributed by atoms with E-state index in [-0.39, 0.29) is 0 Å². The van der Waals surface area contributed by atoms with E-state index < -0.39 is 0 Å². The smallest absolute Gasteiger partial charge is 0.0992 e.